The highest BCUT2D eigenvalue weighted by Gasteiger charge is 2.12. The van der Waals surface area contributed by atoms with Crippen molar-refractivity contribution in [2.75, 3.05) is 6.61 Å². The number of benzene rings is 1. The third-order valence-corrected chi connectivity index (χ3v) is 3.59. The molecule has 1 aromatic heterocycles. The van der Waals surface area contributed by atoms with Gasteiger partial charge in [-0.25, -0.2) is 9.78 Å². The molecule has 0 aliphatic rings. The lowest BCUT2D eigenvalue weighted by Crippen LogP contribution is -2.44. The Kier molecular flexibility index (Phi) is 5.55. The number of amides is 2. The quantitative estimate of drug-likeness (QED) is 0.763. The minimum atomic E-state index is -0.271. The van der Waals surface area contributed by atoms with Gasteiger partial charge in [0.1, 0.15) is 0 Å². The second kappa shape index (κ2) is 7.61. The minimum absolute atomic E-state index is 0.0576. The average molecular weight is 302 g/mol. The third-order valence-electron chi connectivity index (χ3n) is 3.59. The number of rotatable bonds is 6. The first-order valence-corrected chi connectivity index (χ1v) is 7.40. The van der Waals surface area contributed by atoms with E-state index in [4.69, 9.17) is 5.11 Å². The van der Waals surface area contributed by atoms with Gasteiger partial charge in [0, 0.05) is 18.1 Å². The number of imidazole rings is 1. The van der Waals surface area contributed by atoms with Gasteiger partial charge in [-0.2, -0.15) is 0 Å². The molecule has 0 saturated heterocycles. The van der Waals surface area contributed by atoms with Crippen LogP contribution >= 0.6 is 0 Å². The van der Waals surface area contributed by atoms with Crippen LogP contribution in [0.3, 0.4) is 0 Å². The Balaban J connectivity index is 1.95. The Labute approximate surface area is 130 Å². The van der Waals surface area contributed by atoms with Gasteiger partial charge in [-0.3, -0.25) is 0 Å². The highest BCUT2D eigenvalue weighted by atomic mass is 16.3. The molecule has 2 unspecified atom stereocenters. The molecule has 0 aliphatic carbocycles. The van der Waals surface area contributed by atoms with Crippen molar-refractivity contribution in [2.24, 2.45) is 0 Å². The monoisotopic (exact) mass is 302 g/mol. The molecule has 6 nitrogen and oxygen atoms in total. The summed E-state index contributed by atoms with van der Waals surface area (Å²) in [7, 11) is 0. The van der Waals surface area contributed by atoms with E-state index < -0.39 is 0 Å². The fourth-order valence-corrected chi connectivity index (χ4v) is 2.13. The van der Waals surface area contributed by atoms with Crippen LogP contribution in [0.25, 0.3) is 5.69 Å². The maximum Gasteiger partial charge on any atom is 0.315 e. The first-order valence-electron chi connectivity index (χ1n) is 7.40. The first-order chi connectivity index (χ1) is 10.6. The molecule has 22 heavy (non-hydrogen) atoms. The van der Waals surface area contributed by atoms with Crippen LogP contribution in [0.4, 0.5) is 4.79 Å². The van der Waals surface area contributed by atoms with Crippen molar-refractivity contribution in [1.29, 1.82) is 0 Å². The van der Waals surface area contributed by atoms with Crippen molar-refractivity contribution in [1.82, 2.24) is 20.2 Å². The highest BCUT2D eigenvalue weighted by Crippen LogP contribution is 2.15. The molecule has 2 aromatic rings. The zero-order valence-electron chi connectivity index (χ0n) is 12.9. The van der Waals surface area contributed by atoms with Crippen LogP contribution in [-0.4, -0.2) is 33.3 Å². The van der Waals surface area contributed by atoms with Crippen LogP contribution in [0.1, 0.15) is 31.9 Å². The number of hydrogen-bond donors (Lipinski definition) is 3. The normalized spacial score (nSPS) is 13.4. The number of aliphatic hydroxyl groups excluding tert-OH is 1. The lowest BCUT2D eigenvalue weighted by atomic mass is 10.1. The Morgan fingerprint density at radius 1 is 1.32 bits per heavy atom. The molecule has 3 N–H and O–H groups in total. The molecular formula is C16H22N4O2. The predicted octanol–water partition coefficient (Wildman–Crippen LogP) is 2.00. The summed E-state index contributed by atoms with van der Waals surface area (Å²) in [6.45, 7) is 3.78. The van der Waals surface area contributed by atoms with Gasteiger partial charge >= 0.3 is 6.03 Å². The summed E-state index contributed by atoms with van der Waals surface area (Å²) in [4.78, 5) is 15.9. The number of carbonyl (C=O) groups is 1. The Hall–Kier alpha value is -2.34. The SMILES string of the molecule is CCC(CO)NC(=O)NC(C)c1ccc(-n2ccnc2)cc1. The number of carbonyl (C=O) groups excluding carboxylic acids is 1. The van der Waals surface area contributed by atoms with Gasteiger partial charge in [-0.1, -0.05) is 19.1 Å². The topological polar surface area (TPSA) is 79.2 Å². The number of hydrogen-bond acceptors (Lipinski definition) is 3. The van der Waals surface area contributed by atoms with E-state index in [-0.39, 0.29) is 24.7 Å². The molecule has 0 radical (unpaired) electrons. The van der Waals surface area contributed by atoms with Gasteiger partial charge in [-0.05, 0) is 31.0 Å². The van der Waals surface area contributed by atoms with Gasteiger partial charge in [0.05, 0.1) is 25.0 Å². The maximum atomic E-state index is 11.9. The molecule has 2 atom stereocenters. The number of nitrogens with one attached hydrogen (secondary N) is 2. The van der Waals surface area contributed by atoms with Gasteiger partial charge in [0.25, 0.3) is 0 Å². The molecule has 118 valence electrons. The van der Waals surface area contributed by atoms with Crippen molar-refractivity contribution in [3.8, 4) is 5.69 Å². The smallest absolute Gasteiger partial charge is 0.315 e. The average Bonchev–Trinajstić information content (AvgIpc) is 3.07. The minimum Gasteiger partial charge on any atom is -0.394 e. The zero-order valence-corrected chi connectivity index (χ0v) is 12.9. The summed E-state index contributed by atoms with van der Waals surface area (Å²) in [5.74, 6) is 0. The summed E-state index contributed by atoms with van der Waals surface area (Å²) < 4.78 is 1.92. The molecule has 2 amide bonds. The van der Waals surface area contributed by atoms with E-state index >= 15 is 0 Å². The largest absolute Gasteiger partial charge is 0.394 e. The number of aliphatic hydroxyl groups is 1. The van der Waals surface area contributed by atoms with Crippen LogP contribution in [0.5, 0.6) is 0 Å². The van der Waals surface area contributed by atoms with Crippen molar-refractivity contribution in [3.05, 3.63) is 48.5 Å². The van der Waals surface area contributed by atoms with Crippen LogP contribution in [0.15, 0.2) is 43.0 Å². The zero-order chi connectivity index (χ0) is 15.9. The molecule has 0 fully saturated rings. The molecule has 0 aliphatic heterocycles. The highest BCUT2D eigenvalue weighted by molar-refractivity contribution is 5.74. The molecule has 0 saturated carbocycles. The Morgan fingerprint density at radius 2 is 2.05 bits per heavy atom. The van der Waals surface area contributed by atoms with Crippen molar-refractivity contribution >= 4 is 6.03 Å². The van der Waals surface area contributed by atoms with E-state index in [0.717, 1.165) is 11.3 Å². The molecular weight excluding hydrogens is 280 g/mol. The summed E-state index contributed by atoms with van der Waals surface area (Å²) in [5.41, 5.74) is 2.03. The van der Waals surface area contributed by atoms with Gasteiger partial charge in [0.15, 0.2) is 0 Å². The number of aromatic nitrogens is 2. The third kappa shape index (κ3) is 4.08. The van der Waals surface area contributed by atoms with Crippen molar-refractivity contribution < 1.29 is 9.90 Å². The predicted molar refractivity (Wildman–Crippen MR) is 84.8 cm³/mol. The first kappa shape index (κ1) is 16.0. The fraction of sp³-hybridized carbons (Fsp3) is 0.375. The van der Waals surface area contributed by atoms with Crippen molar-refractivity contribution in [2.45, 2.75) is 32.4 Å². The fourth-order valence-electron chi connectivity index (χ4n) is 2.13. The molecule has 1 aromatic carbocycles. The maximum absolute atomic E-state index is 11.9. The van der Waals surface area contributed by atoms with E-state index in [0.29, 0.717) is 6.42 Å². The van der Waals surface area contributed by atoms with Gasteiger partial charge in [-0.15, -0.1) is 0 Å². The Bertz CT molecular complexity index is 577. The molecule has 1 heterocycles. The summed E-state index contributed by atoms with van der Waals surface area (Å²) >= 11 is 0. The van der Waals surface area contributed by atoms with E-state index in [1.165, 1.54) is 0 Å². The number of urea groups is 1. The summed E-state index contributed by atoms with van der Waals surface area (Å²) in [6, 6.07) is 7.31. The summed E-state index contributed by atoms with van der Waals surface area (Å²) in [6.07, 6.45) is 6.04. The van der Waals surface area contributed by atoms with Crippen molar-refractivity contribution in [3.63, 3.8) is 0 Å². The second-order valence-electron chi connectivity index (χ2n) is 5.19. The lowest BCUT2D eigenvalue weighted by molar-refractivity contribution is 0.212. The molecule has 0 bridgehead atoms. The lowest BCUT2D eigenvalue weighted by Gasteiger charge is -2.19. The van der Waals surface area contributed by atoms with Crippen LogP contribution in [0, 0.1) is 0 Å². The molecule has 6 heteroatoms. The Morgan fingerprint density at radius 3 is 2.59 bits per heavy atom. The van der Waals surface area contributed by atoms with Crippen LogP contribution < -0.4 is 10.6 Å². The van der Waals surface area contributed by atoms with Crippen LogP contribution in [0.2, 0.25) is 0 Å². The number of nitrogens with zero attached hydrogens (tertiary/aromatic N) is 2. The van der Waals surface area contributed by atoms with Gasteiger partial charge < -0.3 is 20.3 Å². The summed E-state index contributed by atoms with van der Waals surface area (Å²) in [5, 5.41) is 14.7. The second-order valence-corrected chi connectivity index (χ2v) is 5.19. The standard InChI is InChI=1S/C16H22N4O2/c1-3-14(10-21)19-16(22)18-12(2)13-4-6-15(7-5-13)20-9-8-17-11-20/h4-9,11-12,14,21H,3,10H2,1-2H3,(H2,18,19,22). The van der Waals surface area contributed by atoms with Gasteiger partial charge in [0.2, 0.25) is 0 Å². The van der Waals surface area contributed by atoms with E-state index in [1.54, 1.807) is 12.5 Å². The van der Waals surface area contributed by atoms with Crippen LogP contribution in [-0.2, 0) is 0 Å². The van der Waals surface area contributed by atoms with E-state index in [9.17, 15) is 4.79 Å². The van der Waals surface area contributed by atoms with E-state index in [2.05, 4.69) is 15.6 Å². The molecule has 2 rings (SSSR count). The molecule has 0 spiro atoms. The van der Waals surface area contributed by atoms with E-state index in [1.807, 2.05) is 48.9 Å².